The molecule has 0 saturated heterocycles. The Labute approximate surface area is 109 Å². The highest BCUT2D eigenvalue weighted by atomic mass is 32.1. The molecule has 2 N–H and O–H groups in total. The maximum atomic E-state index is 10.6. The van der Waals surface area contributed by atoms with Gasteiger partial charge >= 0.3 is 5.97 Å². The first kappa shape index (κ1) is 12.9. The standard InChI is InChI=1S/C13H15NO3S/c1-9(12-3-2-6-17-12)14-8-11-5-4-10(18-11)7-13(15)16/h2-6,9,14H,7-8H2,1H3,(H,15,16)/t9-/m0/s1. The second kappa shape index (κ2) is 5.84. The molecule has 0 radical (unpaired) electrons. The average molecular weight is 265 g/mol. The molecule has 2 heterocycles. The average Bonchev–Trinajstić information content (AvgIpc) is 2.95. The third-order valence-electron chi connectivity index (χ3n) is 2.60. The molecule has 2 aromatic rings. The summed E-state index contributed by atoms with van der Waals surface area (Å²) in [6.07, 6.45) is 1.75. The van der Waals surface area contributed by atoms with Crippen molar-refractivity contribution in [3.05, 3.63) is 46.0 Å². The van der Waals surface area contributed by atoms with Crippen molar-refractivity contribution in [1.82, 2.24) is 5.32 Å². The summed E-state index contributed by atoms with van der Waals surface area (Å²) < 4.78 is 5.30. The van der Waals surface area contributed by atoms with Crippen molar-refractivity contribution in [1.29, 1.82) is 0 Å². The third-order valence-corrected chi connectivity index (χ3v) is 3.68. The van der Waals surface area contributed by atoms with E-state index in [2.05, 4.69) is 5.32 Å². The molecule has 0 aromatic carbocycles. The van der Waals surface area contributed by atoms with E-state index in [-0.39, 0.29) is 12.5 Å². The van der Waals surface area contributed by atoms with Gasteiger partial charge in [0, 0.05) is 16.3 Å². The Morgan fingerprint density at radius 3 is 2.89 bits per heavy atom. The Kier molecular flexibility index (Phi) is 4.17. The summed E-state index contributed by atoms with van der Waals surface area (Å²) in [5.41, 5.74) is 0. The minimum absolute atomic E-state index is 0.0956. The highest BCUT2D eigenvalue weighted by molar-refractivity contribution is 7.12. The Morgan fingerprint density at radius 2 is 2.22 bits per heavy atom. The number of carbonyl (C=O) groups is 1. The molecular weight excluding hydrogens is 250 g/mol. The summed E-state index contributed by atoms with van der Waals surface area (Å²) >= 11 is 1.53. The van der Waals surface area contributed by atoms with Crippen LogP contribution in [0.25, 0.3) is 0 Å². The first-order valence-corrected chi connectivity index (χ1v) is 6.53. The normalized spacial score (nSPS) is 12.5. The number of hydrogen-bond donors (Lipinski definition) is 2. The van der Waals surface area contributed by atoms with E-state index in [0.29, 0.717) is 6.54 Å². The first-order valence-electron chi connectivity index (χ1n) is 5.71. The zero-order valence-corrected chi connectivity index (χ0v) is 10.9. The van der Waals surface area contributed by atoms with Crippen LogP contribution in [-0.4, -0.2) is 11.1 Å². The predicted octanol–water partition coefficient (Wildman–Crippen LogP) is 2.82. The van der Waals surface area contributed by atoms with E-state index in [1.54, 1.807) is 6.26 Å². The van der Waals surface area contributed by atoms with Crippen LogP contribution in [0, 0.1) is 0 Å². The van der Waals surface area contributed by atoms with Crippen LogP contribution >= 0.6 is 11.3 Å². The summed E-state index contributed by atoms with van der Waals surface area (Å²) in [4.78, 5) is 12.6. The molecule has 2 aromatic heterocycles. The van der Waals surface area contributed by atoms with Crippen LogP contribution in [0.5, 0.6) is 0 Å². The van der Waals surface area contributed by atoms with Crippen molar-refractivity contribution >= 4 is 17.3 Å². The number of furan rings is 1. The van der Waals surface area contributed by atoms with Crippen LogP contribution in [0.4, 0.5) is 0 Å². The lowest BCUT2D eigenvalue weighted by Crippen LogP contribution is -2.16. The number of thiophene rings is 1. The van der Waals surface area contributed by atoms with Gasteiger partial charge in [-0.2, -0.15) is 0 Å². The molecule has 0 aliphatic heterocycles. The minimum atomic E-state index is -0.791. The number of carboxylic acid groups (broad SMARTS) is 1. The second-order valence-electron chi connectivity index (χ2n) is 4.06. The van der Waals surface area contributed by atoms with E-state index in [0.717, 1.165) is 15.5 Å². The maximum Gasteiger partial charge on any atom is 0.308 e. The lowest BCUT2D eigenvalue weighted by molar-refractivity contribution is -0.136. The third kappa shape index (κ3) is 3.45. The largest absolute Gasteiger partial charge is 0.481 e. The van der Waals surface area contributed by atoms with Gasteiger partial charge in [0.2, 0.25) is 0 Å². The van der Waals surface area contributed by atoms with Crippen molar-refractivity contribution in [2.24, 2.45) is 0 Å². The second-order valence-corrected chi connectivity index (χ2v) is 5.31. The van der Waals surface area contributed by atoms with E-state index >= 15 is 0 Å². The van der Waals surface area contributed by atoms with Crippen molar-refractivity contribution < 1.29 is 14.3 Å². The van der Waals surface area contributed by atoms with Crippen LogP contribution in [0.3, 0.4) is 0 Å². The van der Waals surface area contributed by atoms with Gasteiger partial charge in [-0.3, -0.25) is 4.79 Å². The lowest BCUT2D eigenvalue weighted by atomic mass is 10.2. The fourth-order valence-electron chi connectivity index (χ4n) is 1.65. The zero-order chi connectivity index (χ0) is 13.0. The highest BCUT2D eigenvalue weighted by Gasteiger charge is 2.09. The molecular formula is C13H15NO3S. The van der Waals surface area contributed by atoms with Gasteiger partial charge in [-0.1, -0.05) is 0 Å². The van der Waals surface area contributed by atoms with Gasteiger partial charge in [-0.25, -0.2) is 0 Å². The molecule has 96 valence electrons. The molecule has 0 unspecified atom stereocenters. The Morgan fingerprint density at radius 1 is 1.44 bits per heavy atom. The number of carboxylic acids is 1. The van der Waals surface area contributed by atoms with E-state index in [4.69, 9.17) is 9.52 Å². The molecule has 0 fully saturated rings. The Hall–Kier alpha value is -1.59. The lowest BCUT2D eigenvalue weighted by Gasteiger charge is -2.09. The summed E-state index contributed by atoms with van der Waals surface area (Å²) in [7, 11) is 0. The molecule has 18 heavy (non-hydrogen) atoms. The monoisotopic (exact) mass is 265 g/mol. The molecule has 4 nitrogen and oxygen atoms in total. The fraction of sp³-hybridized carbons (Fsp3) is 0.308. The quantitative estimate of drug-likeness (QED) is 0.843. The van der Waals surface area contributed by atoms with Gasteiger partial charge < -0.3 is 14.8 Å². The summed E-state index contributed by atoms with van der Waals surface area (Å²) in [6, 6.07) is 7.77. The Balaban J connectivity index is 1.86. The summed E-state index contributed by atoms with van der Waals surface area (Å²) in [5.74, 6) is 0.109. The molecule has 0 aliphatic carbocycles. The predicted molar refractivity (Wildman–Crippen MR) is 69.6 cm³/mol. The number of hydrogen-bond acceptors (Lipinski definition) is 4. The topological polar surface area (TPSA) is 62.5 Å². The molecule has 0 bridgehead atoms. The van der Waals surface area contributed by atoms with Crippen LogP contribution in [0.1, 0.15) is 28.5 Å². The number of rotatable bonds is 6. The molecule has 0 saturated carbocycles. The van der Waals surface area contributed by atoms with Crippen LogP contribution in [-0.2, 0) is 17.8 Å². The molecule has 0 aliphatic rings. The van der Waals surface area contributed by atoms with Gasteiger partial charge in [0.1, 0.15) is 5.76 Å². The number of nitrogens with one attached hydrogen (secondary N) is 1. The summed E-state index contributed by atoms with van der Waals surface area (Å²) in [6.45, 7) is 2.75. The highest BCUT2D eigenvalue weighted by Crippen LogP contribution is 2.19. The first-order chi connectivity index (χ1) is 8.65. The van der Waals surface area contributed by atoms with Crippen molar-refractivity contribution in [2.45, 2.75) is 25.9 Å². The van der Waals surface area contributed by atoms with Crippen molar-refractivity contribution in [3.63, 3.8) is 0 Å². The van der Waals surface area contributed by atoms with Crippen LogP contribution < -0.4 is 5.32 Å². The van der Waals surface area contributed by atoms with Gasteiger partial charge in [0.05, 0.1) is 18.7 Å². The van der Waals surface area contributed by atoms with Gasteiger partial charge in [-0.15, -0.1) is 11.3 Å². The molecule has 0 amide bonds. The molecule has 2 rings (SSSR count). The van der Waals surface area contributed by atoms with Crippen LogP contribution in [0.15, 0.2) is 34.9 Å². The SMILES string of the molecule is C[C@H](NCc1ccc(CC(=O)O)s1)c1ccco1. The van der Waals surface area contributed by atoms with Crippen molar-refractivity contribution in [2.75, 3.05) is 0 Å². The van der Waals surface area contributed by atoms with Crippen molar-refractivity contribution in [3.8, 4) is 0 Å². The molecule has 5 heteroatoms. The van der Waals surface area contributed by atoms with E-state index in [1.165, 1.54) is 11.3 Å². The van der Waals surface area contributed by atoms with E-state index in [9.17, 15) is 4.79 Å². The summed E-state index contributed by atoms with van der Waals surface area (Å²) in [5, 5.41) is 12.0. The van der Waals surface area contributed by atoms with E-state index < -0.39 is 5.97 Å². The number of aliphatic carboxylic acids is 1. The molecule has 1 atom stereocenters. The minimum Gasteiger partial charge on any atom is -0.481 e. The maximum absolute atomic E-state index is 10.6. The van der Waals surface area contributed by atoms with Gasteiger partial charge in [0.25, 0.3) is 0 Å². The van der Waals surface area contributed by atoms with Gasteiger partial charge in [-0.05, 0) is 31.2 Å². The molecule has 0 spiro atoms. The zero-order valence-electron chi connectivity index (χ0n) is 10.1. The van der Waals surface area contributed by atoms with Gasteiger partial charge in [0.15, 0.2) is 0 Å². The Bertz CT molecular complexity index is 504. The van der Waals surface area contributed by atoms with E-state index in [1.807, 2.05) is 31.2 Å². The smallest absolute Gasteiger partial charge is 0.308 e. The van der Waals surface area contributed by atoms with Crippen LogP contribution in [0.2, 0.25) is 0 Å². The fourth-order valence-corrected chi connectivity index (χ4v) is 2.61.